The second-order valence-electron chi connectivity index (χ2n) is 4.53. The molecule has 0 spiro atoms. The van der Waals surface area contributed by atoms with Crippen LogP contribution in [-0.4, -0.2) is 41.7 Å². The SMILES string of the molecule is CC(CCCN)C(=O)N(CCCO)C(C)C. The van der Waals surface area contributed by atoms with Gasteiger partial charge < -0.3 is 15.7 Å². The lowest BCUT2D eigenvalue weighted by Crippen LogP contribution is -2.41. The van der Waals surface area contributed by atoms with Crippen molar-refractivity contribution in [3.8, 4) is 0 Å². The minimum Gasteiger partial charge on any atom is -0.396 e. The fourth-order valence-corrected chi connectivity index (χ4v) is 1.69. The van der Waals surface area contributed by atoms with Crippen molar-refractivity contribution in [1.29, 1.82) is 0 Å². The van der Waals surface area contributed by atoms with Gasteiger partial charge in [-0.3, -0.25) is 4.79 Å². The number of nitrogens with zero attached hydrogens (tertiary/aromatic N) is 1. The van der Waals surface area contributed by atoms with Crippen molar-refractivity contribution >= 4 is 5.91 Å². The molecule has 96 valence electrons. The Kier molecular flexibility index (Phi) is 8.21. The van der Waals surface area contributed by atoms with E-state index in [1.807, 2.05) is 25.7 Å². The molecule has 0 radical (unpaired) electrons. The molecule has 0 bridgehead atoms. The zero-order valence-corrected chi connectivity index (χ0v) is 10.8. The number of carbonyl (C=O) groups is 1. The molecule has 0 aromatic carbocycles. The number of hydrogen-bond donors (Lipinski definition) is 2. The Morgan fingerprint density at radius 3 is 2.38 bits per heavy atom. The van der Waals surface area contributed by atoms with Gasteiger partial charge in [-0.1, -0.05) is 6.92 Å². The Hall–Kier alpha value is -0.610. The van der Waals surface area contributed by atoms with E-state index >= 15 is 0 Å². The molecular weight excluding hydrogens is 204 g/mol. The second kappa shape index (κ2) is 8.53. The Bertz CT molecular complexity index is 195. The van der Waals surface area contributed by atoms with E-state index in [2.05, 4.69) is 0 Å². The maximum absolute atomic E-state index is 12.1. The van der Waals surface area contributed by atoms with Crippen LogP contribution in [0.25, 0.3) is 0 Å². The van der Waals surface area contributed by atoms with E-state index in [1.54, 1.807) is 0 Å². The molecule has 3 N–H and O–H groups in total. The molecule has 1 atom stereocenters. The van der Waals surface area contributed by atoms with E-state index in [4.69, 9.17) is 10.8 Å². The monoisotopic (exact) mass is 230 g/mol. The molecule has 0 saturated heterocycles. The summed E-state index contributed by atoms with van der Waals surface area (Å²) in [6, 6.07) is 0.194. The van der Waals surface area contributed by atoms with Crippen molar-refractivity contribution in [2.24, 2.45) is 11.7 Å². The standard InChI is InChI=1S/C12H26N2O2/c1-10(2)14(8-5-9-15)12(16)11(3)6-4-7-13/h10-11,15H,4-9,13H2,1-3H3. The summed E-state index contributed by atoms with van der Waals surface area (Å²) in [5.41, 5.74) is 5.44. The van der Waals surface area contributed by atoms with Crippen LogP contribution in [0.4, 0.5) is 0 Å². The van der Waals surface area contributed by atoms with Crippen LogP contribution < -0.4 is 5.73 Å². The molecule has 4 nitrogen and oxygen atoms in total. The fourth-order valence-electron chi connectivity index (χ4n) is 1.69. The summed E-state index contributed by atoms with van der Waals surface area (Å²) in [4.78, 5) is 13.9. The minimum atomic E-state index is 0.0321. The predicted octanol–water partition coefficient (Wildman–Crippen LogP) is 0.981. The van der Waals surface area contributed by atoms with Crippen molar-refractivity contribution in [3.05, 3.63) is 0 Å². The van der Waals surface area contributed by atoms with E-state index in [0.29, 0.717) is 19.5 Å². The van der Waals surface area contributed by atoms with Gasteiger partial charge in [0.25, 0.3) is 0 Å². The Balaban J connectivity index is 4.24. The quantitative estimate of drug-likeness (QED) is 0.653. The lowest BCUT2D eigenvalue weighted by atomic mass is 10.0. The minimum absolute atomic E-state index is 0.0321. The summed E-state index contributed by atoms with van der Waals surface area (Å²) in [6.45, 7) is 7.37. The van der Waals surface area contributed by atoms with E-state index in [9.17, 15) is 4.79 Å². The third-order valence-corrected chi connectivity index (χ3v) is 2.73. The van der Waals surface area contributed by atoms with Gasteiger partial charge in [0.15, 0.2) is 0 Å². The van der Waals surface area contributed by atoms with Crippen molar-refractivity contribution in [1.82, 2.24) is 4.90 Å². The highest BCUT2D eigenvalue weighted by atomic mass is 16.3. The average Bonchev–Trinajstić information content (AvgIpc) is 2.25. The molecule has 4 heteroatoms. The van der Waals surface area contributed by atoms with Crippen LogP contribution in [0, 0.1) is 5.92 Å². The molecule has 0 aliphatic rings. The average molecular weight is 230 g/mol. The molecule has 0 aliphatic carbocycles. The van der Waals surface area contributed by atoms with Crippen LogP contribution in [0.5, 0.6) is 0 Å². The summed E-state index contributed by atoms with van der Waals surface area (Å²) < 4.78 is 0. The van der Waals surface area contributed by atoms with E-state index in [0.717, 1.165) is 12.8 Å². The normalized spacial score (nSPS) is 12.9. The highest BCUT2D eigenvalue weighted by molar-refractivity contribution is 5.78. The summed E-state index contributed by atoms with van der Waals surface area (Å²) in [5, 5.41) is 8.80. The molecule has 16 heavy (non-hydrogen) atoms. The smallest absolute Gasteiger partial charge is 0.225 e. The van der Waals surface area contributed by atoms with Crippen LogP contribution in [0.1, 0.15) is 40.0 Å². The van der Waals surface area contributed by atoms with E-state index in [1.165, 1.54) is 0 Å². The highest BCUT2D eigenvalue weighted by Crippen LogP contribution is 2.12. The highest BCUT2D eigenvalue weighted by Gasteiger charge is 2.21. The number of aliphatic hydroxyl groups excluding tert-OH is 1. The van der Waals surface area contributed by atoms with Crippen molar-refractivity contribution in [3.63, 3.8) is 0 Å². The number of amides is 1. The third-order valence-electron chi connectivity index (χ3n) is 2.73. The van der Waals surface area contributed by atoms with Crippen LogP contribution >= 0.6 is 0 Å². The number of hydrogen-bond acceptors (Lipinski definition) is 3. The Labute approximate surface area is 98.8 Å². The summed E-state index contributed by atoms with van der Waals surface area (Å²) in [7, 11) is 0. The second-order valence-corrected chi connectivity index (χ2v) is 4.53. The van der Waals surface area contributed by atoms with Gasteiger partial charge in [0.2, 0.25) is 5.91 Å². The molecule has 0 saturated carbocycles. The van der Waals surface area contributed by atoms with Crippen LogP contribution in [0.15, 0.2) is 0 Å². The lowest BCUT2D eigenvalue weighted by molar-refractivity contribution is -0.137. The largest absolute Gasteiger partial charge is 0.396 e. The number of rotatable bonds is 8. The number of aliphatic hydroxyl groups is 1. The van der Waals surface area contributed by atoms with Crippen LogP contribution in [0.2, 0.25) is 0 Å². The number of carbonyl (C=O) groups excluding carboxylic acids is 1. The summed E-state index contributed by atoms with van der Waals surface area (Å²) in [6.07, 6.45) is 2.38. The van der Waals surface area contributed by atoms with Gasteiger partial charge >= 0.3 is 0 Å². The van der Waals surface area contributed by atoms with Crippen LogP contribution in [-0.2, 0) is 4.79 Å². The maximum atomic E-state index is 12.1. The first-order valence-electron chi connectivity index (χ1n) is 6.16. The molecule has 1 unspecified atom stereocenters. The Morgan fingerprint density at radius 2 is 1.94 bits per heavy atom. The first-order chi connectivity index (χ1) is 7.54. The van der Waals surface area contributed by atoms with Gasteiger partial charge in [0.05, 0.1) is 0 Å². The molecule has 0 heterocycles. The Morgan fingerprint density at radius 1 is 1.31 bits per heavy atom. The number of nitrogens with two attached hydrogens (primary N) is 1. The third kappa shape index (κ3) is 5.47. The van der Waals surface area contributed by atoms with E-state index < -0.39 is 0 Å². The topological polar surface area (TPSA) is 66.6 Å². The zero-order chi connectivity index (χ0) is 12.6. The zero-order valence-electron chi connectivity index (χ0n) is 10.8. The first kappa shape index (κ1) is 15.4. The van der Waals surface area contributed by atoms with Gasteiger partial charge in [-0.05, 0) is 39.7 Å². The molecule has 0 fully saturated rings. The predicted molar refractivity (Wildman–Crippen MR) is 66.0 cm³/mol. The first-order valence-corrected chi connectivity index (χ1v) is 6.16. The fraction of sp³-hybridized carbons (Fsp3) is 0.917. The van der Waals surface area contributed by atoms with Gasteiger partial charge in [-0.15, -0.1) is 0 Å². The van der Waals surface area contributed by atoms with Crippen molar-refractivity contribution in [2.75, 3.05) is 19.7 Å². The summed E-state index contributed by atoms with van der Waals surface area (Å²) in [5.74, 6) is 0.210. The van der Waals surface area contributed by atoms with Crippen molar-refractivity contribution < 1.29 is 9.90 Å². The van der Waals surface area contributed by atoms with Gasteiger partial charge in [0, 0.05) is 25.1 Å². The van der Waals surface area contributed by atoms with Gasteiger partial charge in [-0.2, -0.15) is 0 Å². The molecule has 0 aliphatic heterocycles. The maximum Gasteiger partial charge on any atom is 0.225 e. The van der Waals surface area contributed by atoms with Gasteiger partial charge in [0.1, 0.15) is 0 Å². The molecule has 1 amide bonds. The molecular formula is C12H26N2O2. The van der Waals surface area contributed by atoms with Crippen LogP contribution in [0.3, 0.4) is 0 Å². The molecule has 0 rings (SSSR count). The van der Waals surface area contributed by atoms with Gasteiger partial charge in [-0.25, -0.2) is 0 Å². The summed E-state index contributed by atoms with van der Waals surface area (Å²) >= 11 is 0. The van der Waals surface area contributed by atoms with E-state index in [-0.39, 0.29) is 24.5 Å². The molecule has 0 aromatic heterocycles. The lowest BCUT2D eigenvalue weighted by Gasteiger charge is -2.29. The molecule has 0 aromatic rings. The van der Waals surface area contributed by atoms with Crippen molar-refractivity contribution in [2.45, 2.75) is 46.1 Å².